The van der Waals surface area contributed by atoms with E-state index in [1.807, 2.05) is 0 Å². The van der Waals surface area contributed by atoms with E-state index in [1.54, 1.807) is 26.0 Å². The van der Waals surface area contributed by atoms with Gasteiger partial charge in [0.1, 0.15) is 5.82 Å². The molecule has 0 radical (unpaired) electrons. The van der Waals surface area contributed by atoms with Crippen LogP contribution in [0.2, 0.25) is 0 Å². The lowest BCUT2D eigenvalue weighted by molar-refractivity contribution is -0.138. The van der Waals surface area contributed by atoms with Crippen molar-refractivity contribution in [3.05, 3.63) is 30.1 Å². The quantitative estimate of drug-likeness (QED) is 0.903. The molecule has 1 aromatic carbocycles. The molecule has 0 fully saturated rings. The molecule has 0 aromatic heterocycles. The number of para-hydroxylation sites is 1. The van der Waals surface area contributed by atoms with E-state index in [1.165, 1.54) is 29.0 Å². The predicted octanol–water partition coefficient (Wildman–Crippen LogP) is 2.57. The zero-order valence-electron chi connectivity index (χ0n) is 11.8. The Hall–Kier alpha value is -2.11. The van der Waals surface area contributed by atoms with E-state index in [-0.39, 0.29) is 12.1 Å². The Morgan fingerprint density at radius 2 is 1.95 bits per heavy atom. The minimum Gasteiger partial charge on any atom is -0.481 e. The van der Waals surface area contributed by atoms with Gasteiger partial charge in [-0.15, -0.1) is 0 Å². The summed E-state index contributed by atoms with van der Waals surface area (Å²) in [6, 6.07) is 5.07. The normalized spacial score (nSPS) is 11.8. The molecule has 0 spiro atoms. The number of nitrogens with zero attached hydrogens (tertiary/aromatic N) is 2. The molecule has 110 valence electrons. The first kappa shape index (κ1) is 15.9. The SMILES string of the molecule is CCN(C(=O)N(C)c1ccccc1F)C(C)CC(=O)O. The summed E-state index contributed by atoms with van der Waals surface area (Å²) in [5, 5.41) is 8.80. The summed E-state index contributed by atoms with van der Waals surface area (Å²) in [4.78, 5) is 25.7. The van der Waals surface area contributed by atoms with Crippen molar-refractivity contribution in [3.63, 3.8) is 0 Å². The largest absolute Gasteiger partial charge is 0.481 e. The molecule has 2 amide bonds. The fraction of sp³-hybridized carbons (Fsp3) is 0.429. The summed E-state index contributed by atoms with van der Waals surface area (Å²) in [5.41, 5.74) is 0.165. The van der Waals surface area contributed by atoms with Crippen LogP contribution in [0.25, 0.3) is 0 Å². The Kier molecular flexibility index (Phi) is 5.49. The van der Waals surface area contributed by atoms with Crippen LogP contribution in [-0.2, 0) is 4.79 Å². The fourth-order valence-electron chi connectivity index (χ4n) is 2.02. The van der Waals surface area contributed by atoms with E-state index < -0.39 is 23.9 Å². The van der Waals surface area contributed by atoms with Gasteiger partial charge in [0.05, 0.1) is 12.1 Å². The average molecular weight is 282 g/mol. The number of rotatable bonds is 5. The second-order valence-electron chi connectivity index (χ2n) is 4.53. The van der Waals surface area contributed by atoms with Crippen LogP contribution in [0.15, 0.2) is 24.3 Å². The van der Waals surface area contributed by atoms with Gasteiger partial charge in [-0.2, -0.15) is 0 Å². The van der Waals surface area contributed by atoms with Gasteiger partial charge in [-0.25, -0.2) is 9.18 Å². The van der Waals surface area contributed by atoms with E-state index in [2.05, 4.69) is 0 Å². The molecule has 1 rings (SSSR count). The van der Waals surface area contributed by atoms with E-state index in [0.29, 0.717) is 6.54 Å². The zero-order valence-corrected chi connectivity index (χ0v) is 11.8. The molecule has 1 unspecified atom stereocenters. The van der Waals surface area contributed by atoms with Crippen molar-refractivity contribution >= 4 is 17.7 Å². The number of benzene rings is 1. The van der Waals surface area contributed by atoms with Crippen molar-refractivity contribution in [2.24, 2.45) is 0 Å². The Morgan fingerprint density at radius 3 is 2.45 bits per heavy atom. The van der Waals surface area contributed by atoms with Gasteiger partial charge in [0, 0.05) is 19.6 Å². The van der Waals surface area contributed by atoms with Gasteiger partial charge in [0.2, 0.25) is 0 Å². The molecule has 5 nitrogen and oxygen atoms in total. The standard InChI is InChI=1S/C14H19FN2O3/c1-4-17(10(2)9-13(18)19)14(20)16(3)12-8-6-5-7-11(12)15/h5-8,10H,4,9H2,1-3H3,(H,18,19). The number of aliphatic carboxylic acids is 1. The Balaban J connectivity index is 2.91. The third-order valence-electron chi connectivity index (χ3n) is 3.09. The van der Waals surface area contributed by atoms with Crippen LogP contribution in [0.5, 0.6) is 0 Å². The lowest BCUT2D eigenvalue weighted by Gasteiger charge is -2.31. The number of urea groups is 1. The van der Waals surface area contributed by atoms with Gasteiger partial charge >= 0.3 is 12.0 Å². The van der Waals surface area contributed by atoms with Crippen LogP contribution >= 0.6 is 0 Å². The first-order chi connectivity index (χ1) is 9.38. The zero-order chi connectivity index (χ0) is 15.3. The molecule has 1 aromatic rings. The lowest BCUT2D eigenvalue weighted by Crippen LogP contribution is -2.46. The topological polar surface area (TPSA) is 60.9 Å². The summed E-state index contributed by atoms with van der Waals surface area (Å²) in [7, 11) is 1.47. The third-order valence-corrected chi connectivity index (χ3v) is 3.09. The van der Waals surface area contributed by atoms with Gasteiger partial charge < -0.3 is 10.0 Å². The Morgan fingerprint density at radius 1 is 1.35 bits per heavy atom. The van der Waals surface area contributed by atoms with Crippen molar-refractivity contribution in [2.75, 3.05) is 18.5 Å². The molecule has 1 atom stereocenters. The maximum Gasteiger partial charge on any atom is 0.324 e. The third kappa shape index (κ3) is 3.69. The Bertz CT molecular complexity index is 493. The molecule has 0 bridgehead atoms. The Labute approximate surface area is 117 Å². The van der Waals surface area contributed by atoms with Gasteiger partial charge in [-0.3, -0.25) is 9.69 Å². The summed E-state index contributed by atoms with van der Waals surface area (Å²) >= 11 is 0. The van der Waals surface area contributed by atoms with Gasteiger partial charge in [0.25, 0.3) is 0 Å². The number of halogens is 1. The first-order valence-electron chi connectivity index (χ1n) is 6.39. The van der Waals surface area contributed by atoms with Gasteiger partial charge in [0.15, 0.2) is 0 Å². The minimum absolute atomic E-state index is 0.148. The maximum absolute atomic E-state index is 13.7. The van der Waals surface area contributed by atoms with Crippen LogP contribution in [0.1, 0.15) is 20.3 Å². The second kappa shape index (κ2) is 6.88. The summed E-state index contributed by atoms with van der Waals surface area (Å²) in [6.07, 6.45) is -0.148. The predicted molar refractivity (Wildman–Crippen MR) is 74.3 cm³/mol. The average Bonchev–Trinajstić information content (AvgIpc) is 2.38. The van der Waals surface area contributed by atoms with Gasteiger partial charge in [-0.05, 0) is 26.0 Å². The number of carbonyl (C=O) groups excluding carboxylic acids is 1. The molecule has 0 heterocycles. The summed E-state index contributed by atoms with van der Waals surface area (Å²) in [6.45, 7) is 3.77. The molecule has 0 aliphatic rings. The highest BCUT2D eigenvalue weighted by Crippen LogP contribution is 2.19. The van der Waals surface area contributed by atoms with Crippen LogP contribution in [-0.4, -0.2) is 41.6 Å². The molecular formula is C14H19FN2O3. The molecular weight excluding hydrogens is 263 g/mol. The van der Waals surface area contributed by atoms with Crippen LogP contribution < -0.4 is 4.90 Å². The highest BCUT2D eigenvalue weighted by molar-refractivity contribution is 5.92. The molecule has 0 aliphatic carbocycles. The van der Waals surface area contributed by atoms with Crippen molar-refractivity contribution in [2.45, 2.75) is 26.3 Å². The number of anilines is 1. The lowest BCUT2D eigenvalue weighted by atomic mass is 10.2. The first-order valence-corrected chi connectivity index (χ1v) is 6.39. The molecule has 0 aliphatic heterocycles. The van der Waals surface area contributed by atoms with E-state index in [0.717, 1.165) is 0 Å². The number of hydrogen-bond donors (Lipinski definition) is 1. The van der Waals surface area contributed by atoms with Crippen molar-refractivity contribution in [3.8, 4) is 0 Å². The second-order valence-corrected chi connectivity index (χ2v) is 4.53. The molecule has 1 N–H and O–H groups in total. The monoisotopic (exact) mass is 282 g/mol. The van der Waals surface area contributed by atoms with Crippen molar-refractivity contribution in [1.82, 2.24) is 4.90 Å². The molecule has 20 heavy (non-hydrogen) atoms. The van der Waals surface area contributed by atoms with E-state index in [4.69, 9.17) is 5.11 Å². The van der Waals surface area contributed by atoms with Crippen molar-refractivity contribution in [1.29, 1.82) is 0 Å². The summed E-state index contributed by atoms with van der Waals surface area (Å²) in [5.74, 6) is -1.47. The molecule has 6 heteroatoms. The minimum atomic E-state index is -0.975. The fourth-order valence-corrected chi connectivity index (χ4v) is 2.02. The number of carboxylic acid groups (broad SMARTS) is 1. The highest BCUT2D eigenvalue weighted by Gasteiger charge is 2.25. The van der Waals surface area contributed by atoms with E-state index >= 15 is 0 Å². The number of carboxylic acids is 1. The highest BCUT2D eigenvalue weighted by atomic mass is 19.1. The van der Waals surface area contributed by atoms with Crippen molar-refractivity contribution < 1.29 is 19.1 Å². The van der Waals surface area contributed by atoms with Crippen LogP contribution in [0, 0.1) is 5.82 Å². The van der Waals surface area contributed by atoms with Crippen LogP contribution in [0.4, 0.5) is 14.9 Å². The maximum atomic E-state index is 13.7. The number of carbonyl (C=O) groups is 2. The van der Waals surface area contributed by atoms with Crippen LogP contribution in [0.3, 0.4) is 0 Å². The molecule has 0 saturated heterocycles. The number of amides is 2. The summed E-state index contributed by atoms with van der Waals surface area (Å²) < 4.78 is 13.7. The molecule has 0 saturated carbocycles. The number of hydrogen-bond acceptors (Lipinski definition) is 2. The smallest absolute Gasteiger partial charge is 0.324 e. The van der Waals surface area contributed by atoms with E-state index in [9.17, 15) is 14.0 Å². The van der Waals surface area contributed by atoms with Gasteiger partial charge in [-0.1, -0.05) is 12.1 Å².